The Morgan fingerprint density at radius 1 is 1.31 bits per heavy atom. The number of amides is 3. The maximum Gasteiger partial charge on any atom is 0.251 e. The van der Waals surface area contributed by atoms with Crippen molar-refractivity contribution in [3.05, 3.63) is 35.4 Å². The van der Waals surface area contributed by atoms with Gasteiger partial charge in [-0.05, 0) is 50.8 Å². The van der Waals surface area contributed by atoms with Crippen molar-refractivity contribution < 1.29 is 23.6 Å². The molecule has 11 nitrogen and oxygen atoms in total. The summed E-state index contributed by atoms with van der Waals surface area (Å²) >= 11 is 0. The van der Waals surface area contributed by atoms with E-state index in [2.05, 4.69) is 16.0 Å². The van der Waals surface area contributed by atoms with Gasteiger partial charge in [0.05, 0.1) is 17.7 Å². The molecule has 3 amide bonds. The van der Waals surface area contributed by atoms with Crippen molar-refractivity contribution in [3.8, 4) is 6.07 Å². The highest BCUT2D eigenvalue weighted by Crippen LogP contribution is 2.19. The number of guanidine groups is 1. The average molecular weight is 488 g/mol. The molecule has 1 saturated heterocycles. The number of halogens is 1. The summed E-state index contributed by atoms with van der Waals surface area (Å²) in [6, 6.07) is 5.13. The number of carbonyl (C=O) groups excluding carboxylic acids is 4. The van der Waals surface area contributed by atoms with E-state index in [0.717, 1.165) is 0 Å². The predicted octanol–water partition coefficient (Wildman–Crippen LogP) is -0.0457. The molecule has 12 heteroatoms. The number of Topliss-reactive ketones (excluding diaryl/α,β-unsaturated/α-hetero) is 1. The Labute approximate surface area is 202 Å². The number of alkyl halides is 1. The van der Waals surface area contributed by atoms with Gasteiger partial charge in [-0.2, -0.15) is 5.26 Å². The maximum atomic E-state index is 13.0. The Morgan fingerprint density at radius 3 is 2.71 bits per heavy atom. The topological polar surface area (TPSA) is 181 Å². The summed E-state index contributed by atoms with van der Waals surface area (Å²) in [5.41, 5.74) is 5.74. The van der Waals surface area contributed by atoms with Gasteiger partial charge in [0.25, 0.3) is 5.91 Å². The Kier molecular flexibility index (Phi) is 10.1. The van der Waals surface area contributed by atoms with Crippen LogP contribution in [0.5, 0.6) is 0 Å². The summed E-state index contributed by atoms with van der Waals surface area (Å²) in [5.74, 6) is -2.58. The van der Waals surface area contributed by atoms with Gasteiger partial charge in [-0.1, -0.05) is 6.07 Å². The van der Waals surface area contributed by atoms with Crippen LogP contribution in [0.25, 0.3) is 0 Å². The summed E-state index contributed by atoms with van der Waals surface area (Å²) in [5, 5.41) is 23.8. The lowest BCUT2D eigenvalue weighted by Crippen LogP contribution is -2.54. The Bertz CT molecular complexity index is 1010. The highest BCUT2D eigenvalue weighted by atomic mass is 19.1. The number of benzene rings is 1. The molecule has 0 aliphatic carbocycles. The van der Waals surface area contributed by atoms with Gasteiger partial charge in [-0.15, -0.1) is 0 Å². The highest BCUT2D eigenvalue weighted by Gasteiger charge is 2.37. The van der Waals surface area contributed by atoms with Crippen molar-refractivity contribution in [2.24, 2.45) is 5.73 Å². The van der Waals surface area contributed by atoms with Crippen LogP contribution in [0.15, 0.2) is 24.3 Å². The van der Waals surface area contributed by atoms with Crippen LogP contribution in [0, 0.1) is 16.7 Å². The molecule has 0 unspecified atom stereocenters. The maximum absolute atomic E-state index is 13.0. The number of rotatable bonds is 11. The van der Waals surface area contributed by atoms with E-state index in [1.807, 2.05) is 6.07 Å². The first-order valence-electron chi connectivity index (χ1n) is 11.3. The van der Waals surface area contributed by atoms with E-state index in [4.69, 9.17) is 16.4 Å². The smallest absolute Gasteiger partial charge is 0.251 e. The molecule has 35 heavy (non-hydrogen) atoms. The van der Waals surface area contributed by atoms with Gasteiger partial charge < -0.3 is 26.6 Å². The summed E-state index contributed by atoms with van der Waals surface area (Å²) in [6.07, 6.45) is 1.42. The predicted molar refractivity (Wildman–Crippen MR) is 125 cm³/mol. The summed E-state index contributed by atoms with van der Waals surface area (Å²) < 4.78 is 13.0. The first-order chi connectivity index (χ1) is 16.7. The minimum Gasteiger partial charge on any atom is -0.370 e. The first-order valence-corrected chi connectivity index (χ1v) is 11.3. The third-order valence-electron chi connectivity index (χ3n) is 5.63. The molecule has 0 bridgehead atoms. The van der Waals surface area contributed by atoms with Gasteiger partial charge >= 0.3 is 0 Å². The fourth-order valence-electron chi connectivity index (χ4n) is 3.83. The number of nitrogens with zero attached hydrogens (tertiary/aromatic N) is 2. The number of hydrogen-bond acceptors (Lipinski definition) is 6. The van der Waals surface area contributed by atoms with Gasteiger partial charge in [-0.25, -0.2) is 4.39 Å². The first kappa shape index (κ1) is 27.2. The van der Waals surface area contributed by atoms with Gasteiger partial charge in [-0.3, -0.25) is 24.6 Å². The second-order valence-electron chi connectivity index (χ2n) is 8.22. The summed E-state index contributed by atoms with van der Waals surface area (Å²) in [6.45, 7) is 0.836. The van der Waals surface area contributed by atoms with Crippen molar-refractivity contribution in [1.29, 1.82) is 10.7 Å². The van der Waals surface area contributed by atoms with Gasteiger partial charge in [0, 0.05) is 18.7 Å². The fraction of sp³-hybridized carbons (Fsp3) is 0.478. The lowest BCUT2D eigenvalue weighted by atomic mass is 10.1. The van der Waals surface area contributed by atoms with E-state index in [1.54, 1.807) is 12.1 Å². The molecule has 1 heterocycles. The van der Waals surface area contributed by atoms with Crippen LogP contribution in [0.3, 0.4) is 0 Å². The molecule has 2 rings (SSSR count). The molecule has 0 radical (unpaired) electrons. The van der Waals surface area contributed by atoms with Crippen LogP contribution in [0.1, 0.15) is 48.5 Å². The van der Waals surface area contributed by atoms with Crippen LogP contribution >= 0.6 is 0 Å². The number of nitrogens with one attached hydrogen (secondary N) is 4. The average Bonchev–Trinajstić information content (AvgIpc) is 3.34. The lowest BCUT2D eigenvalue weighted by Gasteiger charge is -2.28. The molecule has 6 N–H and O–H groups in total. The number of nitrogens with two attached hydrogens (primary N) is 1. The molecule has 0 aromatic heterocycles. The molecule has 3 atom stereocenters. The molecule has 1 aliphatic rings. The minimum atomic E-state index is -1.24. The Balaban J connectivity index is 2.00. The van der Waals surface area contributed by atoms with Crippen LogP contribution in [0.2, 0.25) is 0 Å². The Morgan fingerprint density at radius 2 is 2.06 bits per heavy atom. The molecule has 1 fully saturated rings. The van der Waals surface area contributed by atoms with E-state index in [9.17, 15) is 23.6 Å². The third kappa shape index (κ3) is 7.77. The Hall–Kier alpha value is -4.01. The van der Waals surface area contributed by atoms with Crippen molar-refractivity contribution in [1.82, 2.24) is 20.9 Å². The highest BCUT2D eigenvalue weighted by molar-refractivity contribution is 5.99. The molecule has 1 aromatic rings. The van der Waals surface area contributed by atoms with E-state index in [0.29, 0.717) is 31.4 Å². The molecule has 0 spiro atoms. The zero-order valence-electron chi connectivity index (χ0n) is 19.5. The van der Waals surface area contributed by atoms with Crippen molar-refractivity contribution in [3.63, 3.8) is 0 Å². The van der Waals surface area contributed by atoms with Crippen LogP contribution in [0.4, 0.5) is 4.39 Å². The zero-order valence-corrected chi connectivity index (χ0v) is 19.5. The molecule has 1 aliphatic heterocycles. The van der Waals surface area contributed by atoms with Gasteiger partial charge in [0.1, 0.15) is 18.8 Å². The van der Waals surface area contributed by atoms with Crippen molar-refractivity contribution in [2.45, 2.75) is 50.7 Å². The molecular formula is C23H30FN7O4. The van der Waals surface area contributed by atoms with E-state index >= 15 is 0 Å². The second kappa shape index (κ2) is 13.0. The molecule has 1 aromatic carbocycles. The van der Waals surface area contributed by atoms with Crippen LogP contribution in [-0.4, -0.2) is 72.3 Å². The second-order valence-corrected chi connectivity index (χ2v) is 8.22. The van der Waals surface area contributed by atoms with Crippen LogP contribution in [-0.2, 0) is 14.4 Å². The zero-order chi connectivity index (χ0) is 26.0. The minimum absolute atomic E-state index is 0.143. The summed E-state index contributed by atoms with van der Waals surface area (Å²) in [4.78, 5) is 51.8. The van der Waals surface area contributed by atoms with Crippen molar-refractivity contribution in [2.75, 3.05) is 19.8 Å². The lowest BCUT2D eigenvalue weighted by molar-refractivity contribution is -0.140. The largest absolute Gasteiger partial charge is 0.370 e. The monoisotopic (exact) mass is 487 g/mol. The molecular weight excluding hydrogens is 457 g/mol. The SMILES string of the molecule is C[C@H](NC(=O)c1cccc(C#N)c1)C(=O)N1CCC[C@H]1C(=O)N[C@@H](CCCNC(=N)N)C(=O)CF. The van der Waals surface area contributed by atoms with Gasteiger partial charge in [0.15, 0.2) is 11.7 Å². The molecule has 188 valence electrons. The van der Waals surface area contributed by atoms with E-state index < -0.39 is 48.3 Å². The van der Waals surface area contributed by atoms with Gasteiger partial charge in [0.2, 0.25) is 11.8 Å². The fourth-order valence-corrected chi connectivity index (χ4v) is 3.83. The third-order valence-corrected chi connectivity index (χ3v) is 5.63. The number of hydrogen-bond donors (Lipinski definition) is 5. The van der Waals surface area contributed by atoms with E-state index in [-0.39, 0.29) is 24.5 Å². The molecule has 0 saturated carbocycles. The number of carbonyl (C=O) groups is 4. The normalized spacial score (nSPS) is 16.5. The standard InChI is InChI=1S/C23H30FN7O4/c1-14(29-20(33)16-6-2-5-15(11-16)13-25)22(35)31-10-4-8-18(31)21(34)30-17(19(32)12-24)7-3-9-28-23(26)27/h2,5-6,11,14,17-18H,3-4,7-10,12H2,1H3,(H,29,33)(H,30,34)(H4,26,27,28)/t14-,17-,18-/m0/s1. The van der Waals surface area contributed by atoms with E-state index in [1.165, 1.54) is 24.0 Å². The quantitative estimate of drug-likeness (QED) is 0.165. The van der Waals surface area contributed by atoms with Crippen LogP contribution < -0.4 is 21.7 Å². The number of likely N-dealkylation sites (tertiary alicyclic amines) is 1. The number of nitriles is 1. The number of ketones is 1. The van der Waals surface area contributed by atoms with Crippen molar-refractivity contribution >= 4 is 29.5 Å². The summed E-state index contributed by atoms with van der Waals surface area (Å²) in [7, 11) is 0.